The predicted octanol–water partition coefficient (Wildman–Crippen LogP) is 2.73. The van der Waals surface area contributed by atoms with E-state index in [4.69, 9.17) is 0 Å². The Morgan fingerprint density at radius 2 is 2.19 bits per heavy atom. The third-order valence-electron chi connectivity index (χ3n) is 3.47. The molecule has 0 radical (unpaired) electrons. The smallest absolute Gasteiger partial charge is 0.224 e. The second kappa shape index (κ2) is 5.79. The number of benzene rings is 1. The lowest BCUT2D eigenvalue weighted by atomic mass is 10.1. The highest BCUT2D eigenvalue weighted by Crippen LogP contribution is 2.19. The molecule has 0 unspecified atom stereocenters. The molecule has 0 bridgehead atoms. The quantitative estimate of drug-likeness (QED) is 0.771. The minimum atomic E-state index is 0.00197. The number of nitrogens with one attached hydrogen (secondary N) is 2. The molecular formula is C17H17N3O. The number of rotatable bonds is 4. The summed E-state index contributed by atoms with van der Waals surface area (Å²) in [6, 6.07) is 11.9. The molecule has 4 nitrogen and oxygen atoms in total. The van der Waals surface area contributed by atoms with Crippen LogP contribution in [0.4, 0.5) is 0 Å². The first-order valence-corrected chi connectivity index (χ1v) is 6.95. The van der Waals surface area contributed by atoms with Crippen LogP contribution in [0, 0.1) is 6.92 Å². The van der Waals surface area contributed by atoms with Gasteiger partial charge in [0.15, 0.2) is 0 Å². The van der Waals surface area contributed by atoms with Gasteiger partial charge in [-0.15, -0.1) is 0 Å². The number of aromatic nitrogens is 2. The van der Waals surface area contributed by atoms with Gasteiger partial charge in [-0.25, -0.2) is 0 Å². The number of amides is 1. The number of carbonyl (C=O) groups is 1. The van der Waals surface area contributed by atoms with Crippen LogP contribution >= 0.6 is 0 Å². The van der Waals surface area contributed by atoms with Gasteiger partial charge in [-0.1, -0.05) is 18.2 Å². The molecule has 106 valence electrons. The number of hydrogen-bond donors (Lipinski definition) is 2. The summed E-state index contributed by atoms with van der Waals surface area (Å²) in [7, 11) is 0. The van der Waals surface area contributed by atoms with Crippen LogP contribution in [0.2, 0.25) is 0 Å². The van der Waals surface area contributed by atoms with Crippen molar-refractivity contribution in [1.29, 1.82) is 0 Å². The Morgan fingerprint density at radius 3 is 3.00 bits per heavy atom. The van der Waals surface area contributed by atoms with Crippen molar-refractivity contribution in [3.8, 4) is 0 Å². The number of pyridine rings is 1. The molecule has 21 heavy (non-hydrogen) atoms. The van der Waals surface area contributed by atoms with E-state index in [2.05, 4.69) is 40.4 Å². The van der Waals surface area contributed by atoms with Gasteiger partial charge in [0.1, 0.15) is 0 Å². The number of fused-ring (bicyclic) bond motifs is 1. The van der Waals surface area contributed by atoms with E-state index in [1.807, 2.05) is 24.4 Å². The molecule has 0 aliphatic carbocycles. The van der Waals surface area contributed by atoms with Crippen LogP contribution in [0.5, 0.6) is 0 Å². The first kappa shape index (κ1) is 13.4. The maximum Gasteiger partial charge on any atom is 0.224 e. The molecule has 0 spiro atoms. The van der Waals surface area contributed by atoms with Gasteiger partial charge in [0, 0.05) is 23.3 Å². The van der Waals surface area contributed by atoms with E-state index >= 15 is 0 Å². The monoisotopic (exact) mass is 279 g/mol. The molecule has 1 amide bonds. The normalized spacial score (nSPS) is 10.7. The zero-order chi connectivity index (χ0) is 14.7. The second-order valence-corrected chi connectivity index (χ2v) is 5.14. The standard InChI is InChI=1S/C17H17N3O/c1-12-5-6-15-13(10-19-16(15)8-12)9-17(21)20-11-14-4-2-3-7-18-14/h2-8,10,19H,9,11H2,1H3,(H,20,21). The van der Waals surface area contributed by atoms with E-state index in [1.54, 1.807) is 6.20 Å². The summed E-state index contributed by atoms with van der Waals surface area (Å²) in [4.78, 5) is 19.4. The fraction of sp³-hybridized carbons (Fsp3) is 0.176. The molecule has 0 aliphatic heterocycles. The average Bonchev–Trinajstić information content (AvgIpc) is 2.88. The molecule has 0 saturated carbocycles. The summed E-state index contributed by atoms with van der Waals surface area (Å²) >= 11 is 0. The number of carbonyl (C=O) groups excluding carboxylic acids is 1. The maximum atomic E-state index is 12.0. The molecule has 0 fully saturated rings. The van der Waals surface area contributed by atoms with E-state index in [-0.39, 0.29) is 5.91 Å². The minimum Gasteiger partial charge on any atom is -0.361 e. The summed E-state index contributed by atoms with van der Waals surface area (Å²) in [5.74, 6) is 0.00197. The first-order valence-electron chi connectivity index (χ1n) is 6.95. The summed E-state index contributed by atoms with van der Waals surface area (Å²) in [6.07, 6.45) is 4.00. The first-order chi connectivity index (χ1) is 10.2. The van der Waals surface area contributed by atoms with Crippen LogP contribution in [-0.4, -0.2) is 15.9 Å². The molecule has 0 aliphatic rings. The highest BCUT2D eigenvalue weighted by molar-refractivity contribution is 5.89. The molecule has 0 atom stereocenters. The number of hydrogen-bond acceptors (Lipinski definition) is 2. The van der Waals surface area contributed by atoms with Gasteiger partial charge in [-0.3, -0.25) is 9.78 Å². The zero-order valence-electron chi connectivity index (χ0n) is 11.9. The molecule has 0 saturated heterocycles. The fourth-order valence-corrected chi connectivity index (χ4v) is 2.37. The molecule has 1 aromatic carbocycles. The van der Waals surface area contributed by atoms with Crippen LogP contribution in [0.3, 0.4) is 0 Å². The summed E-state index contributed by atoms with van der Waals surface area (Å²) in [5.41, 5.74) is 4.15. The highest BCUT2D eigenvalue weighted by Gasteiger charge is 2.08. The Balaban J connectivity index is 1.66. The lowest BCUT2D eigenvalue weighted by Gasteiger charge is -2.04. The Kier molecular flexibility index (Phi) is 3.69. The Hall–Kier alpha value is -2.62. The van der Waals surface area contributed by atoms with E-state index in [0.717, 1.165) is 22.2 Å². The van der Waals surface area contributed by atoms with Gasteiger partial charge in [0.25, 0.3) is 0 Å². The van der Waals surface area contributed by atoms with Crippen molar-refractivity contribution in [2.75, 3.05) is 0 Å². The Morgan fingerprint density at radius 1 is 1.29 bits per heavy atom. The molecule has 4 heteroatoms. The van der Waals surface area contributed by atoms with Crippen molar-refractivity contribution >= 4 is 16.8 Å². The van der Waals surface area contributed by atoms with E-state index < -0.39 is 0 Å². The van der Waals surface area contributed by atoms with E-state index in [9.17, 15) is 4.79 Å². The number of H-pyrrole nitrogens is 1. The third-order valence-corrected chi connectivity index (χ3v) is 3.47. The van der Waals surface area contributed by atoms with Crippen LogP contribution in [0.25, 0.3) is 10.9 Å². The van der Waals surface area contributed by atoms with Crippen molar-refractivity contribution in [1.82, 2.24) is 15.3 Å². The van der Waals surface area contributed by atoms with Gasteiger partial charge in [-0.2, -0.15) is 0 Å². The van der Waals surface area contributed by atoms with Crippen molar-refractivity contribution in [2.24, 2.45) is 0 Å². The molecule has 3 rings (SSSR count). The zero-order valence-corrected chi connectivity index (χ0v) is 11.9. The second-order valence-electron chi connectivity index (χ2n) is 5.14. The van der Waals surface area contributed by atoms with Crippen LogP contribution < -0.4 is 5.32 Å². The molecular weight excluding hydrogens is 262 g/mol. The van der Waals surface area contributed by atoms with Crippen molar-refractivity contribution in [3.05, 3.63) is 65.6 Å². The summed E-state index contributed by atoms with van der Waals surface area (Å²) in [5, 5.41) is 4.00. The van der Waals surface area contributed by atoms with Crippen molar-refractivity contribution in [2.45, 2.75) is 19.9 Å². The Bertz CT molecular complexity index is 762. The minimum absolute atomic E-state index is 0.00197. The summed E-state index contributed by atoms with van der Waals surface area (Å²) < 4.78 is 0. The number of aryl methyl sites for hydroxylation is 1. The molecule has 2 aromatic heterocycles. The third kappa shape index (κ3) is 3.11. The molecule has 2 N–H and O–H groups in total. The molecule has 3 aromatic rings. The average molecular weight is 279 g/mol. The van der Waals surface area contributed by atoms with Gasteiger partial charge in [-0.05, 0) is 36.2 Å². The van der Waals surface area contributed by atoms with E-state index in [1.165, 1.54) is 5.56 Å². The van der Waals surface area contributed by atoms with Gasteiger partial charge in [0.2, 0.25) is 5.91 Å². The number of aromatic amines is 1. The predicted molar refractivity (Wildman–Crippen MR) is 82.8 cm³/mol. The lowest BCUT2D eigenvalue weighted by Crippen LogP contribution is -2.24. The van der Waals surface area contributed by atoms with Gasteiger partial charge >= 0.3 is 0 Å². The number of nitrogens with zero attached hydrogens (tertiary/aromatic N) is 1. The highest BCUT2D eigenvalue weighted by atomic mass is 16.1. The Labute approximate surface area is 123 Å². The lowest BCUT2D eigenvalue weighted by molar-refractivity contribution is -0.120. The largest absolute Gasteiger partial charge is 0.361 e. The van der Waals surface area contributed by atoms with E-state index in [0.29, 0.717) is 13.0 Å². The maximum absolute atomic E-state index is 12.0. The van der Waals surface area contributed by atoms with Crippen molar-refractivity contribution in [3.63, 3.8) is 0 Å². The van der Waals surface area contributed by atoms with Crippen LogP contribution in [0.1, 0.15) is 16.8 Å². The van der Waals surface area contributed by atoms with Crippen LogP contribution in [0.15, 0.2) is 48.8 Å². The van der Waals surface area contributed by atoms with Crippen LogP contribution in [-0.2, 0) is 17.8 Å². The molecule has 2 heterocycles. The fourth-order valence-electron chi connectivity index (χ4n) is 2.37. The summed E-state index contributed by atoms with van der Waals surface area (Å²) in [6.45, 7) is 2.51. The SMILES string of the molecule is Cc1ccc2c(CC(=O)NCc3ccccn3)c[nH]c2c1. The van der Waals surface area contributed by atoms with Gasteiger partial charge < -0.3 is 10.3 Å². The van der Waals surface area contributed by atoms with Gasteiger partial charge in [0.05, 0.1) is 18.7 Å². The van der Waals surface area contributed by atoms with Crippen molar-refractivity contribution < 1.29 is 4.79 Å². The topological polar surface area (TPSA) is 57.8 Å².